The Hall–Kier alpha value is -8.09. The molecule has 0 radical (unpaired) electrons. The molecule has 0 saturated heterocycles. The zero-order valence-electron chi connectivity index (χ0n) is 54.7. The monoisotopic (exact) mass is 1460 g/mol. The highest BCUT2D eigenvalue weighted by molar-refractivity contribution is 9.11. The molecular formula is C86H75Br3O5S. The summed E-state index contributed by atoms with van der Waals surface area (Å²) in [5, 5.41) is 13.1. The van der Waals surface area contributed by atoms with Crippen LogP contribution in [0.3, 0.4) is 0 Å². The molecule has 15 rings (SSSR count). The summed E-state index contributed by atoms with van der Waals surface area (Å²) in [6, 6.07) is 98.2. The molecule has 3 N–H and O–H groups in total. The summed E-state index contributed by atoms with van der Waals surface area (Å²) in [5.74, 6) is 0. The van der Waals surface area contributed by atoms with E-state index < -0.39 is 21.4 Å². The van der Waals surface area contributed by atoms with Gasteiger partial charge in [0.1, 0.15) is 5.60 Å². The van der Waals surface area contributed by atoms with Crippen LogP contribution in [0.2, 0.25) is 0 Å². The van der Waals surface area contributed by atoms with E-state index in [4.69, 9.17) is 17.5 Å². The molecule has 0 saturated carbocycles. The number of hydrogen-bond acceptors (Lipinski definition) is 3. The zero-order chi connectivity index (χ0) is 67.4. The van der Waals surface area contributed by atoms with Crippen LogP contribution < -0.4 is 0 Å². The van der Waals surface area contributed by atoms with Crippen LogP contribution in [-0.2, 0) is 37.7 Å². The molecule has 3 aliphatic carbocycles. The zero-order valence-corrected chi connectivity index (χ0v) is 60.3. The lowest BCUT2D eigenvalue weighted by Gasteiger charge is -2.36. The van der Waals surface area contributed by atoms with E-state index in [1.54, 1.807) is 0 Å². The van der Waals surface area contributed by atoms with E-state index in [1.807, 2.05) is 24.3 Å². The van der Waals surface area contributed by atoms with Gasteiger partial charge in [-0.25, -0.2) is 0 Å². The first-order chi connectivity index (χ1) is 45.2. The van der Waals surface area contributed by atoms with E-state index in [-0.39, 0.29) is 16.2 Å². The van der Waals surface area contributed by atoms with E-state index in [2.05, 4.69) is 359 Å². The van der Waals surface area contributed by atoms with Crippen LogP contribution in [-0.4, -0.2) is 22.6 Å². The molecule has 0 aliphatic heterocycles. The van der Waals surface area contributed by atoms with Crippen LogP contribution in [0.15, 0.2) is 286 Å². The Bertz CT molecular complexity index is 4990. The maximum absolute atomic E-state index is 13.1. The lowest BCUT2D eigenvalue weighted by molar-refractivity contribution is 0.128. The summed E-state index contributed by atoms with van der Waals surface area (Å²) < 4.78 is 34.8. The number of hydrogen-bond donors (Lipinski definition) is 3. The van der Waals surface area contributed by atoms with Gasteiger partial charge in [-0.1, -0.05) is 353 Å². The average molecular weight is 1460 g/mol. The summed E-state index contributed by atoms with van der Waals surface area (Å²) in [5.41, 5.74) is 27.5. The minimum Gasteiger partial charge on any atom is -0.376 e. The van der Waals surface area contributed by atoms with Gasteiger partial charge in [-0.15, -0.1) is 0 Å². The Morgan fingerprint density at radius 1 is 0.284 bits per heavy atom. The van der Waals surface area contributed by atoms with Gasteiger partial charge in [-0.3, -0.25) is 9.11 Å². The van der Waals surface area contributed by atoms with Gasteiger partial charge in [0.15, 0.2) is 0 Å². The normalized spacial score (nSPS) is 15.5. The Morgan fingerprint density at radius 3 is 1.01 bits per heavy atom. The second kappa shape index (κ2) is 26.1. The highest BCUT2D eigenvalue weighted by Crippen LogP contribution is 2.62. The van der Waals surface area contributed by atoms with Crippen LogP contribution in [0.4, 0.5) is 0 Å². The van der Waals surface area contributed by atoms with Crippen molar-refractivity contribution in [3.8, 4) is 77.9 Å². The summed E-state index contributed by atoms with van der Waals surface area (Å²) in [7, 11) is -4.67. The van der Waals surface area contributed by atoms with Gasteiger partial charge in [0.2, 0.25) is 0 Å². The second-order valence-corrected chi connectivity index (χ2v) is 31.3. The smallest absolute Gasteiger partial charge is 0.376 e. The Labute approximate surface area is 585 Å². The van der Waals surface area contributed by atoms with E-state index in [1.165, 1.54) is 83.5 Å². The number of aliphatic hydroxyl groups is 1. The molecule has 0 aromatic heterocycles. The van der Waals surface area contributed by atoms with Gasteiger partial charge >= 0.3 is 10.4 Å². The lowest BCUT2D eigenvalue weighted by Crippen LogP contribution is -2.30. The van der Waals surface area contributed by atoms with Crippen molar-refractivity contribution in [2.24, 2.45) is 0 Å². The molecule has 3 aliphatic rings. The van der Waals surface area contributed by atoms with Crippen LogP contribution in [0.1, 0.15) is 118 Å². The SMILES string of the molecule is CC(C)(C)c1ccc(-c2ccccc2Br)cc1.CC(C)(C)c1ccc(-c2ccccc2C2(O)c3ccccc3-c3ccccc3-c3cc(Br)ccc32)cc1.CC(C)(C)c1ccc2c(c1)C1(c3ccccc3-c3ccccc3-c3cc(Br)ccc31)c1ccccc1-2.O=S(=O)(O)O. The van der Waals surface area contributed by atoms with Crippen molar-refractivity contribution in [3.05, 3.63) is 342 Å². The van der Waals surface area contributed by atoms with Gasteiger partial charge in [0.05, 0.1) is 5.41 Å². The fourth-order valence-electron chi connectivity index (χ4n) is 14.1. The molecule has 0 amide bonds. The summed E-state index contributed by atoms with van der Waals surface area (Å²) in [6.07, 6.45) is 0. The molecule has 0 fully saturated rings. The molecule has 476 valence electrons. The van der Waals surface area contributed by atoms with Gasteiger partial charge < -0.3 is 5.11 Å². The highest BCUT2D eigenvalue weighted by atomic mass is 79.9. The topological polar surface area (TPSA) is 94.8 Å². The maximum Gasteiger partial charge on any atom is 0.394 e. The predicted molar refractivity (Wildman–Crippen MR) is 405 cm³/mol. The third-order valence-corrected chi connectivity index (χ3v) is 20.3. The first-order valence-corrected chi connectivity index (χ1v) is 35.7. The lowest BCUT2D eigenvalue weighted by atomic mass is 9.65. The van der Waals surface area contributed by atoms with Crippen LogP contribution in [0.5, 0.6) is 0 Å². The van der Waals surface area contributed by atoms with Crippen molar-refractivity contribution >= 4 is 58.2 Å². The minimum atomic E-state index is -4.67. The first-order valence-electron chi connectivity index (χ1n) is 31.9. The summed E-state index contributed by atoms with van der Waals surface area (Å²) in [4.78, 5) is 0. The van der Waals surface area contributed by atoms with Crippen molar-refractivity contribution in [2.75, 3.05) is 0 Å². The van der Waals surface area contributed by atoms with E-state index in [0.29, 0.717) is 0 Å². The first kappa shape index (κ1) is 66.9. The van der Waals surface area contributed by atoms with Crippen LogP contribution in [0.25, 0.3) is 77.9 Å². The van der Waals surface area contributed by atoms with E-state index >= 15 is 0 Å². The molecule has 2 unspecified atom stereocenters. The summed E-state index contributed by atoms with van der Waals surface area (Å²) >= 11 is 11.1. The van der Waals surface area contributed by atoms with Crippen molar-refractivity contribution in [2.45, 2.75) is 89.6 Å². The molecule has 9 heteroatoms. The molecule has 2 atom stereocenters. The molecule has 12 aromatic rings. The van der Waals surface area contributed by atoms with Crippen LogP contribution >= 0.6 is 47.8 Å². The molecule has 12 aromatic carbocycles. The third kappa shape index (κ3) is 13.0. The number of halogens is 3. The summed E-state index contributed by atoms with van der Waals surface area (Å²) in [6.45, 7) is 20.3. The standard InChI is InChI=1S/C35H29BrO.C35H27Br.C16H17Br.H2O4S/c1-34(2,3)24-18-16-23(17-19-24)26-10-6-8-14-31(26)35(37)32-15-9-7-13-29(32)27-11-4-5-12-28(27)30-22-25(36)20-21-33(30)35;1-34(2,3)22-16-18-28-27-13-7-9-15-31(27)35(33(28)20-22)30-14-8-6-12-26(30)24-10-4-5-11-25(24)29-21-23(36)17-19-32(29)35;1-16(2,3)13-10-8-12(9-11-13)14-6-4-5-7-15(14)17;1-5(2,3)4/h4-22,37H,1-3H3;4-21H,1-3H3;4-11H,1-3H3;(H2,1,2,3,4). The van der Waals surface area contributed by atoms with E-state index in [9.17, 15) is 5.11 Å². The van der Waals surface area contributed by atoms with Gasteiger partial charge in [0.25, 0.3) is 0 Å². The van der Waals surface area contributed by atoms with Crippen LogP contribution in [0, 0.1) is 0 Å². The number of fused-ring (bicyclic) bond motifs is 17. The quantitative estimate of drug-likeness (QED) is 0.153. The van der Waals surface area contributed by atoms with Crippen molar-refractivity contribution < 1.29 is 22.6 Å². The minimum absolute atomic E-state index is 0.0563. The van der Waals surface area contributed by atoms with Crippen molar-refractivity contribution in [1.82, 2.24) is 0 Å². The molecule has 95 heavy (non-hydrogen) atoms. The molecule has 1 spiro atoms. The molecule has 0 bridgehead atoms. The fraction of sp³-hybridized carbons (Fsp3) is 0.163. The number of rotatable bonds is 3. The largest absolute Gasteiger partial charge is 0.394 e. The fourth-order valence-corrected chi connectivity index (χ4v) is 15.3. The van der Waals surface area contributed by atoms with Crippen molar-refractivity contribution in [1.29, 1.82) is 0 Å². The van der Waals surface area contributed by atoms with Gasteiger partial charge in [-0.05, 0) is 163 Å². The number of benzene rings is 12. The average Bonchev–Trinajstić information content (AvgIpc) is 1.53. The molecule has 0 heterocycles. The predicted octanol–water partition coefficient (Wildman–Crippen LogP) is 23.9. The Balaban J connectivity index is 0.000000140. The molecule has 5 nitrogen and oxygen atoms in total. The van der Waals surface area contributed by atoms with Gasteiger partial charge in [0, 0.05) is 30.1 Å². The Morgan fingerprint density at radius 2 is 0.568 bits per heavy atom. The van der Waals surface area contributed by atoms with E-state index in [0.717, 1.165) is 63.5 Å². The van der Waals surface area contributed by atoms with Gasteiger partial charge in [-0.2, -0.15) is 8.42 Å². The maximum atomic E-state index is 13.1. The van der Waals surface area contributed by atoms with Crippen molar-refractivity contribution in [3.63, 3.8) is 0 Å². The molecular weight excluding hydrogens is 1380 g/mol. The third-order valence-electron chi connectivity index (χ3n) is 18.6. The second-order valence-electron chi connectivity index (χ2n) is 27.7. The highest BCUT2D eigenvalue weighted by Gasteiger charge is 2.50. The Kier molecular flexibility index (Phi) is 18.4.